The molecule has 0 bridgehead atoms. The number of nitrogens with zero attached hydrogens (tertiary/aromatic N) is 1. The minimum absolute atomic E-state index is 0.0961. The molecule has 1 N–H and O–H groups in total. The molecule has 5 nitrogen and oxygen atoms in total. The number of benzene rings is 1. The van der Waals surface area contributed by atoms with E-state index in [0.29, 0.717) is 12.2 Å². The van der Waals surface area contributed by atoms with E-state index in [1.54, 1.807) is 28.6 Å². The monoisotopic (exact) mass is 310 g/mol. The molecule has 1 aliphatic rings. The van der Waals surface area contributed by atoms with Gasteiger partial charge in [-0.15, -0.1) is 0 Å². The summed E-state index contributed by atoms with van der Waals surface area (Å²) in [6.07, 6.45) is 3.77. The number of nitrogens with one attached hydrogen (secondary N) is 1. The van der Waals surface area contributed by atoms with Gasteiger partial charge in [0.25, 0.3) is 0 Å². The van der Waals surface area contributed by atoms with Crippen LogP contribution in [-0.2, 0) is 14.8 Å². The van der Waals surface area contributed by atoms with Gasteiger partial charge in [0.2, 0.25) is 15.9 Å². The smallest absolute Gasteiger partial charge is 0.243 e. The molecule has 21 heavy (non-hydrogen) atoms. The Morgan fingerprint density at radius 3 is 2.52 bits per heavy atom. The zero-order valence-corrected chi connectivity index (χ0v) is 13.3. The molecule has 1 aliphatic heterocycles. The fourth-order valence-electron chi connectivity index (χ4n) is 2.75. The van der Waals surface area contributed by atoms with Crippen LogP contribution in [0.1, 0.15) is 39.5 Å². The second kappa shape index (κ2) is 6.58. The molecule has 1 aromatic carbocycles. The van der Waals surface area contributed by atoms with Crippen LogP contribution in [0.25, 0.3) is 0 Å². The Morgan fingerprint density at radius 2 is 1.95 bits per heavy atom. The third-order valence-corrected chi connectivity index (χ3v) is 5.79. The molecule has 1 saturated heterocycles. The number of sulfonamides is 1. The Balaban J connectivity index is 2.24. The van der Waals surface area contributed by atoms with Gasteiger partial charge in [0.15, 0.2) is 0 Å². The molecule has 0 saturated carbocycles. The summed E-state index contributed by atoms with van der Waals surface area (Å²) in [5, 5.41) is 2.64. The Morgan fingerprint density at radius 1 is 1.29 bits per heavy atom. The summed E-state index contributed by atoms with van der Waals surface area (Å²) in [5.41, 5.74) is 0.604. The lowest BCUT2D eigenvalue weighted by Crippen LogP contribution is -2.43. The molecular weight excluding hydrogens is 288 g/mol. The summed E-state index contributed by atoms with van der Waals surface area (Å²) >= 11 is 0. The largest absolute Gasteiger partial charge is 0.326 e. The van der Waals surface area contributed by atoms with Gasteiger partial charge < -0.3 is 5.32 Å². The quantitative estimate of drug-likeness (QED) is 0.929. The highest BCUT2D eigenvalue weighted by Gasteiger charge is 2.32. The van der Waals surface area contributed by atoms with E-state index in [1.165, 1.54) is 6.92 Å². The number of hydrogen-bond acceptors (Lipinski definition) is 3. The van der Waals surface area contributed by atoms with E-state index in [-0.39, 0.29) is 16.8 Å². The lowest BCUT2D eigenvalue weighted by atomic mass is 10.0. The van der Waals surface area contributed by atoms with Crippen molar-refractivity contribution in [2.45, 2.75) is 50.5 Å². The van der Waals surface area contributed by atoms with Gasteiger partial charge in [-0.2, -0.15) is 4.31 Å². The van der Waals surface area contributed by atoms with Crippen molar-refractivity contribution >= 4 is 21.6 Å². The van der Waals surface area contributed by atoms with Crippen molar-refractivity contribution in [2.24, 2.45) is 0 Å². The van der Waals surface area contributed by atoms with Crippen LogP contribution in [-0.4, -0.2) is 31.2 Å². The summed E-state index contributed by atoms with van der Waals surface area (Å²) in [6, 6.07) is 6.46. The van der Waals surface area contributed by atoms with Crippen molar-refractivity contribution in [1.82, 2.24) is 4.31 Å². The minimum Gasteiger partial charge on any atom is -0.326 e. The number of piperidine rings is 1. The summed E-state index contributed by atoms with van der Waals surface area (Å²) in [4.78, 5) is 11.3. The molecule has 0 unspecified atom stereocenters. The predicted molar refractivity (Wildman–Crippen MR) is 82.6 cm³/mol. The second-order valence-electron chi connectivity index (χ2n) is 5.38. The van der Waals surface area contributed by atoms with Crippen molar-refractivity contribution in [1.29, 1.82) is 0 Å². The van der Waals surface area contributed by atoms with Gasteiger partial charge in [-0.25, -0.2) is 8.42 Å². The Bertz CT molecular complexity index is 596. The number of anilines is 1. The summed E-state index contributed by atoms with van der Waals surface area (Å²) < 4.78 is 27.1. The molecule has 1 atom stereocenters. The fourth-order valence-corrected chi connectivity index (χ4v) is 4.51. The maximum atomic E-state index is 12.7. The SMILES string of the molecule is CC[C@H]1CCCCN1S(=O)(=O)c1ccc(NC(C)=O)cc1. The van der Waals surface area contributed by atoms with Gasteiger partial charge in [0.05, 0.1) is 4.90 Å². The molecule has 1 amide bonds. The molecule has 0 aliphatic carbocycles. The van der Waals surface area contributed by atoms with Crippen LogP contribution in [0.2, 0.25) is 0 Å². The maximum Gasteiger partial charge on any atom is 0.243 e. The van der Waals surface area contributed by atoms with Crippen LogP contribution < -0.4 is 5.32 Å². The first-order chi connectivity index (χ1) is 9.95. The Labute approximate surface area is 126 Å². The van der Waals surface area contributed by atoms with Crippen molar-refractivity contribution in [3.8, 4) is 0 Å². The van der Waals surface area contributed by atoms with E-state index in [2.05, 4.69) is 5.32 Å². The first kappa shape index (κ1) is 16.0. The number of hydrogen-bond donors (Lipinski definition) is 1. The standard InChI is InChI=1S/C15H22N2O3S/c1-3-14-6-4-5-11-17(14)21(19,20)15-9-7-13(8-10-15)16-12(2)18/h7-10,14H,3-6,11H2,1-2H3,(H,16,18)/t14-/m0/s1. The molecular formula is C15H22N2O3S. The lowest BCUT2D eigenvalue weighted by Gasteiger charge is -2.34. The van der Waals surface area contributed by atoms with Gasteiger partial charge in [0, 0.05) is 25.2 Å². The van der Waals surface area contributed by atoms with Crippen LogP contribution in [0, 0.1) is 0 Å². The zero-order valence-electron chi connectivity index (χ0n) is 12.5. The highest BCUT2D eigenvalue weighted by atomic mass is 32.2. The highest BCUT2D eigenvalue weighted by molar-refractivity contribution is 7.89. The average molecular weight is 310 g/mol. The predicted octanol–water partition coefficient (Wildman–Crippen LogP) is 2.60. The zero-order chi connectivity index (χ0) is 15.5. The topological polar surface area (TPSA) is 66.5 Å². The summed E-state index contributed by atoms with van der Waals surface area (Å²) in [6.45, 7) is 4.04. The molecule has 1 fully saturated rings. The van der Waals surface area contributed by atoms with Gasteiger partial charge in [-0.3, -0.25) is 4.79 Å². The van der Waals surface area contributed by atoms with E-state index >= 15 is 0 Å². The molecule has 0 radical (unpaired) electrons. The van der Waals surface area contributed by atoms with Gasteiger partial charge in [-0.1, -0.05) is 13.3 Å². The minimum atomic E-state index is -3.45. The van der Waals surface area contributed by atoms with Crippen LogP contribution >= 0.6 is 0 Å². The molecule has 0 aromatic heterocycles. The Kier molecular flexibility index (Phi) is 5.00. The van der Waals surface area contributed by atoms with Crippen molar-refractivity contribution < 1.29 is 13.2 Å². The molecule has 116 valence electrons. The van der Waals surface area contributed by atoms with Gasteiger partial charge in [-0.05, 0) is 43.5 Å². The molecule has 1 aromatic rings. The molecule has 6 heteroatoms. The maximum absolute atomic E-state index is 12.7. The van der Waals surface area contributed by atoms with Crippen LogP contribution in [0.4, 0.5) is 5.69 Å². The third kappa shape index (κ3) is 3.63. The first-order valence-electron chi connectivity index (χ1n) is 7.34. The summed E-state index contributed by atoms with van der Waals surface area (Å²) in [7, 11) is -3.45. The van der Waals surface area contributed by atoms with E-state index in [9.17, 15) is 13.2 Å². The normalized spacial score (nSPS) is 20.2. The van der Waals surface area contributed by atoms with Crippen molar-refractivity contribution in [3.63, 3.8) is 0 Å². The fraction of sp³-hybridized carbons (Fsp3) is 0.533. The highest BCUT2D eigenvalue weighted by Crippen LogP contribution is 2.27. The summed E-state index contributed by atoms with van der Waals surface area (Å²) in [5.74, 6) is -0.173. The number of amides is 1. The molecule has 2 rings (SSSR count). The van der Waals surface area contributed by atoms with E-state index in [0.717, 1.165) is 25.7 Å². The van der Waals surface area contributed by atoms with Crippen LogP contribution in [0.5, 0.6) is 0 Å². The van der Waals surface area contributed by atoms with Crippen molar-refractivity contribution in [2.75, 3.05) is 11.9 Å². The van der Waals surface area contributed by atoms with Crippen LogP contribution in [0.3, 0.4) is 0 Å². The molecule has 0 spiro atoms. The van der Waals surface area contributed by atoms with Crippen molar-refractivity contribution in [3.05, 3.63) is 24.3 Å². The van der Waals surface area contributed by atoms with E-state index in [4.69, 9.17) is 0 Å². The van der Waals surface area contributed by atoms with Crippen LogP contribution in [0.15, 0.2) is 29.2 Å². The first-order valence-corrected chi connectivity index (χ1v) is 8.78. The second-order valence-corrected chi connectivity index (χ2v) is 7.27. The van der Waals surface area contributed by atoms with Gasteiger partial charge in [0.1, 0.15) is 0 Å². The number of rotatable bonds is 4. The van der Waals surface area contributed by atoms with Gasteiger partial charge >= 0.3 is 0 Å². The number of carbonyl (C=O) groups is 1. The average Bonchev–Trinajstić information content (AvgIpc) is 2.47. The molecule has 1 heterocycles. The van der Waals surface area contributed by atoms with E-state index < -0.39 is 10.0 Å². The third-order valence-electron chi connectivity index (χ3n) is 3.83. The van der Waals surface area contributed by atoms with E-state index in [1.807, 2.05) is 6.92 Å². The number of carbonyl (C=O) groups excluding carboxylic acids is 1. The lowest BCUT2D eigenvalue weighted by molar-refractivity contribution is -0.114. The Hall–Kier alpha value is -1.40.